The predicted molar refractivity (Wildman–Crippen MR) is 140 cm³/mol. The van der Waals surface area contributed by atoms with Gasteiger partial charge in [0, 0.05) is 44.1 Å². The van der Waals surface area contributed by atoms with E-state index in [0.29, 0.717) is 12.2 Å². The number of aromatic carboxylic acids is 1. The second kappa shape index (κ2) is 10.7. The SMILES string of the molecule is CCn1cc(C(=O)O)c(=O)c2cc(F)c(N3CCN(CC(=O)Nc4ccc(S(N)(=O)=O)cc4)C(C)C3)c(F)c21. The molecule has 0 radical (unpaired) electrons. The lowest BCUT2D eigenvalue weighted by molar-refractivity contribution is -0.117. The van der Waals surface area contributed by atoms with Crippen molar-refractivity contribution in [1.29, 1.82) is 0 Å². The van der Waals surface area contributed by atoms with Crippen molar-refractivity contribution in [2.75, 3.05) is 36.4 Å². The summed E-state index contributed by atoms with van der Waals surface area (Å²) in [5, 5.41) is 16.7. The first-order chi connectivity index (χ1) is 18.3. The fraction of sp³-hybridized carbons (Fsp3) is 0.320. The zero-order valence-corrected chi connectivity index (χ0v) is 22.0. The number of nitrogens with zero attached hydrogens (tertiary/aromatic N) is 3. The van der Waals surface area contributed by atoms with Crippen molar-refractivity contribution in [2.24, 2.45) is 5.14 Å². The molecule has 4 rings (SSSR count). The molecule has 3 aromatic rings. The number of halogens is 2. The van der Waals surface area contributed by atoms with Gasteiger partial charge in [0.25, 0.3) is 0 Å². The van der Waals surface area contributed by atoms with Gasteiger partial charge in [0.05, 0.1) is 22.3 Å². The molecule has 208 valence electrons. The number of carboxylic acids is 1. The number of sulfonamides is 1. The smallest absolute Gasteiger partial charge is 0.341 e. The molecule has 2 aromatic carbocycles. The Morgan fingerprint density at radius 3 is 2.41 bits per heavy atom. The molecule has 39 heavy (non-hydrogen) atoms. The molecule has 0 saturated carbocycles. The zero-order chi connectivity index (χ0) is 28.6. The number of nitrogens with two attached hydrogens (primary N) is 1. The topological polar surface area (TPSA) is 155 Å². The Morgan fingerprint density at radius 1 is 1.18 bits per heavy atom. The molecule has 1 aliphatic rings. The van der Waals surface area contributed by atoms with Crippen molar-refractivity contribution in [3.8, 4) is 0 Å². The van der Waals surface area contributed by atoms with Gasteiger partial charge in [0.1, 0.15) is 17.1 Å². The highest BCUT2D eigenvalue weighted by Crippen LogP contribution is 2.31. The van der Waals surface area contributed by atoms with Crippen LogP contribution in [0.15, 0.2) is 46.2 Å². The van der Waals surface area contributed by atoms with Gasteiger partial charge in [-0.05, 0) is 44.2 Å². The molecule has 0 spiro atoms. The Kier molecular flexibility index (Phi) is 7.73. The van der Waals surface area contributed by atoms with Crippen LogP contribution in [0.25, 0.3) is 10.9 Å². The molecule has 1 saturated heterocycles. The number of carboxylic acid groups (broad SMARTS) is 1. The highest BCUT2D eigenvalue weighted by molar-refractivity contribution is 7.89. The number of anilines is 2. The number of aromatic nitrogens is 1. The van der Waals surface area contributed by atoms with E-state index >= 15 is 8.78 Å². The number of hydrogen-bond acceptors (Lipinski definition) is 7. The number of hydrogen-bond donors (Lipinski definition) is 3. The molecular weight excluding hydrogens is 536 g/mol. The standard InChI is InChI=1S/C25H27F2N5O6S/c1-3-30-12-18(25(35)36)24(34)17-10-19(26)23(21(27)22(17)30)32-9-8-31(14(2)11-32)13-20(33)29-15-4-6-16(7-5-15)39(28,37)38/h4-7,10,12,14H,3,8-9,11,13H2,1-2H3,(H,29,33)(H,35,36)(H2,28,37,38). The zero-order valence-electron chi connectivity index (χ0n) is 21.1. The summed E-state index contributed by atoms with van der Waals surface area (Å²) in [4.78, 5) is 39.9. The van der Waals surface area contributed by atoms with Crippen LogP contribution in [-0.2, 0) is 21.4 Å². The minimum atomic E-state index is -3.86. The fourth-order valence-electron chi connectivity index (χ4n) is 4.71. The number of benzene rings is 2. The van der Waals surface area contributed by atoms with Crippen LogP contribution >= 0.6 is 0 Å². The molecular formula is C25H27F2N5O6S. The summed E-state index contributed by atoms with van der Waals surface area (Å²) in [6.07, 6.45) is 1.05. The van der Waals surface area contributed by atoms with Gasteiger partial charge in [0.2, 0.25) is 21.4 Å². The normalized spacial score (nSPS) is 16.4. The van der Waals surface area contributed by atoms with Gasteiger partial charge in [-0.3, -0.25) is 14.5 Å². The average Bonchev–Trinajstić information content (AvgIpc) is 2.85. The number of amides is 1. The van der Waals surface area contributed by atoms with E-state index in [1.165, 1.54) is 33.7 Å². The number of pyridine rings is 1. The predicted octanol–water partition coefficient (Wildman–Crippen LogP) is 1.79. The average molecular weight is 564 g/mol. The van der Waals surface area contributed by atoms with Crippen LogP contribution in [0.4, 0.5) is 20.2 Å². The third kappa shape index (κ3) is 5.62. The maximum absolute atomic E-state index is 15.7. The minimum absolute atomic E-state index is 0.0119. The summed E-state index contributed by atoms with van der Waals surface area (Å²) in [6, 6.07) is 5.98. The third-order valence-electron chi connectivity index (χ3n) is 6.70. The van der Waals surface area contributed by atoms with Gasteiger partial charge in [-0.2, -0.15) is 0 Å². The Bertz CT molecular complexity index is 1620. The number of rotatable bonds is 7. The number of piperazine rings is 1. The summed E-state index contributed by atoms with van der Waals surface area (Å²) in [5.41, 5.74) is -1.65. The van der Waals surface area contributed by atoms with Gasteiger partial charge in [-0.1, -0.05) is 0 Å². The molecule has 1 aromatic heterocycles. The second-order valence-electron chi connectivity index (χ2n) is 9.26. The summed E-state index contributed by atoms with van der Waals surface area (Å²) >= 11 is 0. The lowest BCUT2D eigenvalue weighted by Crippen LogP contribution is -2.54. The first-order valence-electron chi connectivity index (χ1n) is 12.0. The van der Waals surface area contributed by atoms with Crippen LogP contribution in [0, 0.1) is 11.6 Å². The maximum atomic E-state index is 15.7. The van der Waals surface area contributed by atoms with Gasteiger partial charge >= 0.3 is 5.97 Å². The van der Waals surface area contributed by atoms with Crippen molar-refractivity contribution in [2.45, 2.75) is 31.3 Å². The highest BCUT2D eigenvalue weighted by atomic mass is 32.2. The van der Waals surface area contributed by atoms with Crippen molar-refractivity contribution >= 4 is 44.2 Å². The van der Waals surface area contributed by atoms with Crippen LogP contribution < -0.4 is 20.8 Å². The molecule has 14 heteroatoms. The number of carbonyl (C=O) groups is 2. The quantitative estimate of drug-likeness (QED) is 0.393. The number of fused-ring (bicyclic) bond motifs is 1. The van der Waals surface area contributed by atoms with Gasteiger partial charge in [0.15, 0.2) is 5.82 Å². The summed E-state index contributed by atoms with van der Waals surface area (Å²) in [6.45, 7) is 4.26. The molecule has 1 atom stereocenters. The van der Waals surface area contributed by atoms with Crippen LogP contribution in [-0.4, -0.2) is 67.1 Å². The molecule has 1 aliphatic heterocycles. The lowest BCUT2D eigenvalue weighted by atomic mass is 10.1. The van der Waals surface area contributed by atoms with Crippen molar-refractivity contribution in [3.63, 3.8) is 0 Å². The lowest BCUT2D eigenvalue weighted by Gasteiger charge is -2.40. The molecule has 11 nitrogen and oxygen atoms in total. The number of nitrogens with one attached hydrogen (secondary N) is 1. The van der Waals surface area contributed by atoms with Crippen molar-refractivity contribution in [3.05, 3.63) is 63.9 Å². The Morgan fingerprint density at radius 2 is 1.85 bits per heavy atom. The van der Waals surface area contributed by atoms with Crippen molar-refractivity contribution < 1.29 is 31.9 Å². The van der Waals surface area contributed by atoms with E-state index < -0.39 is 38.6 Å². The monoisotopic (exact) mass is 563 g/mol. The van der Waals surface area contributed by atoms with Crippen LogP contribution in [0.2, 0.25) is 0 Å². The molecule has 2 heterocycles. The molecule has 1 amide bonds. The van der Waals surface area contributed by atoms with E-state index in [-0.39, 0.29) is 59.6 Å². The summed E-state index contributed by atoms with van der Waals surface area (Å²) in [7, 11) is -3.86. The van der Waals surface area contributed by atoms with Crippen molar-refractivity contribution in [1.82, 2.24) is 9.47 Å². The molecule has 4 N–H and O–H groups in total. The minimum Gasteiger partial charge on any atom is -0.477 e. The Hall–Kier alpha value is -3.88. The van der Waals surface area contributed by atoms with Gasteiger partial charge in [-0.15, -0.1) is 0 Å². The second-order valence-corrected chi connectivity index (χ2v) is 10.8. The highest BCUT2D eigenvalue weighted by Gasteiger charge is 2.30. The largest absolute Gasteiger partial charge is 0.477 e. The summed E-state index contributed by atoms with van der Waals surface area (Å²) in [5.74, 6) is -3.78. The molecule has 0 aliphatic carbocycles. The summed E-state index contributed by atoms with van der Waals surface area (Å²) < 4.78 is 55.0. The Labute approximate surface area is 222 Å². The van der Waals surface area contributed by atoms with Crippen LogP contribution in [0.3, 0.4) is 0 Å². The molecule has 0 bridgehead atoms. The van der Waals surface area contributed by atoms with Crippen LogP contribution in [0.5, 0.6) is 0 Å². The number of carbonyl (C=O) groups excluding carboxylic acids is 1. The van der Waals surface area contributed by atoms with E-state index in [4.69, 9.17) is 5.14 Å². The number of primary sulfonamides is 1. The molecule has 1 unspecified atom stereocenters. The van der Waals surface area contributed by atoms with E-state index in [2.05, 4.69) is 5.32 Å². The van der Waals surface area contributed by atoms with E-state index in [1.54, 1.807) is 13.8 Å². The first kappa shape index (κ1) is 28.1. The van der Waals surface area contributed by atoms with E-state index in [0.717, 1.165) is 12.3 Å². The van der Waals surface area contributed by atoms with Gasteiger partial charge < -0.3 is 19.9 Å². The molecule has 1 fully saturated rings. The van der Waals surface area contributed by atoms with E-state index in [1.807, 2.05) is 4.90 Å². The Balaban J connectivity index is 1.52. The number of aryl methyl sites for hydroxylation is 1. The maximum Gasteiger partial charge on any atom is 0.341 e. The van der Waals surface area contributed by atoms with Crippen LogP contribution in [0.1, 0.15) is 24.2 Å². The van der Waals surface area contributed by atoms with E-state index in [9.17, 15) is 27.9 Å². The van der Waals surface area contributed by atoms with Gasteiger partial charge in [-0.25, -0.2) is 27.1 Å². The third-order valence-corrected chi connectivity index (χ3v) is 7.62. The fourth-order valence-corrected chi connectivity index (χ4v) is 5.23. The first-order valence-corrected chi connectivity index (χ1v) is 13.6.